The molecule has 2 aromatic rings. The van der Waals surface area contributed by atoms with Crippen molar-refractivity contribution in [3.05, 3.63) is 60.2 Å². The second-order valence-electron chi connectivity index (χ2n) is 6.96. The number of carbonyl (C=O) groups excluding carboxylic acids is 2. The van der Waals surface area contributed by atoms with Gasteiger partial charge in [0.2, 0.25) is 11.8 Å². The first-order chi connectivity index (χ1) is 12.6. The molecule has 26 heavy (non-hydrogen) atoms. The summed E-state index contributed by atoms with van der Waals surface area (Å²) in [5.41, 5.74) is 2.69. The number of hydrogen-bond acceptors (Lipinski definition) is 2. The maximum absolute atomic E-state index is 12.9. The molecule has 1 aliphatic rings. The third-order valence-corrected chi connectivity index (χ3v) is 5.17. The molecule has 1 heterocycles. The summed E-state index contributed by atoms with van der Waals surface area (Å²) >= 11 is 0. The van der Waals surface area contributed by atoms with Gasteiger partial charge in [-0.25, -0.2) is 0 Å². The summed E-state index contributed by atoms with van der Waals surface area (Å²) in [5.74, 6) is 0.248. The molecule has 0 saturated carbocycles. The molecule has 136 valence electrons. The Morgan fingerprint density at radius 3 is 2.38 bits per heavy atom. The average Bonchev–Trinajstić information content (AvgIpc) is 3.09. The van der Waals surface area contributed by atoms with Crippen LogP contribution in [-0.4, -0.2) is 18.4 Å². The van der Waals surface area contributed by atoms with E-state index in [9.17, 15) is 9.59 Å². The largest absolute Gasteiger partial charge is 0.326 e. The zero-order valence-electron chi connectivity index (χ0n) is 15.4. The normalized spacial score (nSPS) is 16.4. The smallest absolute Gasteiger partial charge is 0.232 e. The molecular formula is C22H26N2O2. The predicted molar refractivity (Wildman–Crippen MR) is 105 cm³/mol. The van der Waals surface area contributed by atoms with Gasteiger partial charge in [0.25, 0.3) is 0 Å². The maximum atomic E-state index is 12.9. The molecule has 1 saturated heterocycles. The van der Waals surface area contributed by atoms with Crippen LogP contribution in [0.4, 0.5) is 11.4 Å². The molecule has 1 fully saturated rings. The highest BCUT2D eigenvalue weighted by atomic mass is 16.2. The number of rotatable bonds is 6. The summed E-state index contributed by atoms with van der Waals surface area (Å²) in [7, 11) is 0. The molecule has 2 atom stereocenters. The Hall–Kier alpha value is -2.62. The summed E-state index contributed by atoms with van der Waals surface area (Å²) < 4.78 is 0. The van der Waals surface area contributed by atoms with Crippen molar-refractivity contribution < 1.29 is 9.59 Å². The van der Waals surface area contributed by atoms with E-state index in [1.54, 1.807) is 4.90 Å². The quantitative estimate of drug-likeness (QED) is 0.829. The van der Waals surface area contributed by atoms with Gasteiger partial charge in [-0.3, -0.25) is 9.59 Å². The minimum atomic E-state index is -0.180. The molecule has 1 aliphatic heterocycles. The molecule has 2 amide bonds. The lowest BCUT2D eigenvalue weighted by Crippen LogP contribution is -2.26. The topological polar surface area (TPSA) is 49.4 Å². The van der Waals surface area contributed by atoms with E-state index < -0.39 is 0 Å². The van der Waals surface area contributed by atoms with Gasteiger partial charge in [-0.2, -0.15) is 0 Å². The maximum Gasteiger partial charge on any atom is 0.232 e. The molecule has 2 aromatic carbocycles. The van der Waals surface area contributed by atoms with E-state index in [1.165, 1.54) is 0 Å². The fraction of sp³-hybridized carbons (Fsp3) is 0.364. The van der Waals surface area contributed by atoms with Gasteiger partial charge < -0.3 is 10.2 Å². The molecule has 0 aromatic heterocycles. The van der Waals surface area contributed by atoms with E-state index in [-0.39, 0.29) is 23.7 Å². The number of amides is 2. The van der Waals surface area contributed by atoms with Gasteiger partial charge in [-0.15, -0.1) is 0 Å². The highest BCUT2D eigenvalue weighted by Gasteiger charge is 2.26. The standard InChI is InChI=1S/C22H26N2O2/c1-3-16(2)21(17-8-5-4-6-9-17)22(26)23-18-11-13-19(14-12-18)24-15-7-10-20(24)25/h4-6,8-9,11-14,16,21H,3,7,10,15H2,1-2H3,(H,23,26). The molecule has 0 spiro atoms. The molecule has 4 nitrogen and oxygen atoms in total. The van der Waals surface area contributed by atoms with Crippen molar-refractivity contribution in [2.24, 2.45) is 5.92 Å². The number of nitrogens with zero attached hydrogens (tertiary/aromatic N) is 1. The van der Waals surface area contributed by atoms with Gasteiger partial charge in [0.05, 0.1) is 5.92 Å². The van der Waals surface area contributed by atoms with Crippen LogP contribution in [-0.2, 0) is 9.59 Å². The monoisotopic (exact) mass is 350 g/mol. The van der Waals surface area contributed by atoms with Gasteiger partial charge in [0, 0.05) is 24.3 Å². The van der Waals surface area contributed by atoms with Crippen molar-refractivity contribution in [3.63, 3.8) is 0 Å². The average molecular weight is 350 g/mol. The van der Waals surface area contributed by atoms with E-state index in [1.807, 2.05) is 54.6 Å². The Labute approximate surface area is 155 Å². The summed E-state index contributed by atoms with van der Waals surface area (Å²) in [6, 6.07) is 17.5. The zero-order valence-corrected chi connectivity index (χ0v) is 15.4. The highest BCUT2D eigenvalue weighted by Crippen LogP contribution is 2.29. The van der Waals surface area contributed by atoms with Crippen LogP contribution in [0.2, 0.25) is 0 Å². The first kappa shape index (κ1) is 18.2. The van der Waals surface area contributed by atoms with Crippen LogP contribution in [0.15, 0.2) is 54.6 Å². The van der Waals surface area contributed by atoms with E-state index in [0.29, 0.717) is 6.42 Å². The predicted octanol–water partition coefficient (Wildman–Crippen LogP) is 4.58. The van der Waals surface area contributed by atoms with Crippen molar-refractivity contribution in [3.8, 4) is 0 Å². The summed E-state index contributed by atoms with van der Waals surface area (Å²) in [4.78, 5) is 26.6. The van der Waals surface area contributed by atoms with Gasteiger partial charge in [-0.1, -0.05) is 50.6 Å². The lowest BCUT2D eigenvalue weighted by molar-refractivity contribution is -0.119. The van der Waals surface area contributed by atoms with E-state index >= 15 is 0 Å². The molecule has 1 N–H and O–H groups in total. The van der Waals surface area contributed by atoms with E-state index in [4.69, 9.17) is 0 Å². The first-order valence-electron chi connectivity index (χ1n) is 9.36. The Kier molecular flexibility index (Phi) is 5.71. The highest BCUT2D eigenvalue weighted by molar-refractivity contribution is 5.97. The minimum Gasteiger partial charge on any atom is -0.326 e. The van der Waals surface area contributed by atoms with Crippen LogP contribution < -0.4 is 10.2 Å². The fourth-order valence-electron chi connectivity index (χ4n) is 3.50. The number of anilines is 2. The number of nitrogens with one attached hydrogen (secondary N) is 1. The van der Waals surface area contributed by atoms with Crippen molar-refractivity contribution in [1.29, 1.82) is 0 Å². The number of benzene rings is 2. The van der Waals surface area contributed by atoms with Crippen LogP contribution in [0.25, 0.3) is 0 Å². The van der Waals surface area contributed by atoms with Gasteiger partial charge in [0.1, 0.15) is 0 Å². The third kappa shape index (κ3) is 3.96. The van der Waals surface area contributed by atoms with Gasteiger partial charge in [-0.05, 0) is 42.2 Å². The Balaban J connectivity index is 1.74. The Bertz CT molecular complexity index is 755. The molecule has 4 heteroatoms. The molecular weight excluding hydrogens is 324 g/mol. The van der Waals surface area contributed by atoms with Crippen LogP contribution in [0.3, 0.4) is 0 Å². The van der Waals surface area contributed by atoms with Crippen LogP contribution in [0.1, 0.15) is 44.6 Å². The second-order valence-corrected chi connectivity index (χ2v) is 6.96. The molecule has 0 aliphatic carbocycles. The first-order valence-corrected chi connectivity index (χ1v) is 9.36. The molecule has 3 rings (SSSR count). The van der Waals surface area contributed by atoms with Crippen LogP contribution in [0, 0.1) is 5.92 Å². The molecule has 0 radical (unpaired) electrons. The second kappa shape index (κ2) is 8.17. The Morgan fingerprint density at radius 1 is 1.12 bits per heavy atom. The lowest BCUT2D eigenvalue weighted by Gasteiger charge is -2.23. The van der Waals surface area contributed by atoms with Crippen molar-refractivity contribution in [2.75, 3.05) is 16.8 Å². The lowest BCUT2D eigenvalue weighted by atomic mass is 9.85. The summed E-state index contributed by atoms with van der Waals surface area (Å²) in [6.45, 7) is 4.99. The van der Waals surface area contributed by atoms with E-state index in [0.717, 1.165) is 36.3 Å². The number of carbonyl (C=O) groups is 2. The molecule has 0 bridgehead atoms. The van der Waals surface area contributed by atoms with Gasteiger partial charge in [0.15, 0.2) is 0 Å². The van der Waals surface area contributed by atoms with E-state index in [2.05, 4.69) is 19.2 Å². The van der Waals surface area contributed by atoms with Crippen molar-refractivity contribution >= 4 is 23.2 Å². The van der Waals surface area contributed by atoms with Crippen LogP contribution >= 0.6 is 0 Å². The Morgan fingerprint density at radius 2 is 1.81 bits per heavy atom. The summed E-state index contributed by atoms with van der Waals surface area (Å²) in [5, 5.41) is 3.04. The third-order valence-electron chi connectivity index (χ3n) is 5.17. The van der Waals surface area contributed by atoms with Crippen molar-refractivity contribution in [2.45, 2.75) is 39.0 Å². The fourth-order valence-corrected chi connectivity index (χ4v) is 3.50. The SMILES string of the molecule is CCC(C)C(C(=O)Nc1ccc(N2CCCC2=O)cc1)c1ccccc1. The van der Waals surface area contributed by atoms with Gasteiger partial charge >= 0.3 is 0 Å². The van der Waals surface area contributed by atoms with Crippen molar-refractivity contribution in [1.82, 2.24) is 0 Å². The number of hydrogen-bond donors (Lipinski definition) is 1. The molecule has 2 unspecified atom stereocenters. The minimum absolute atomic E-state index is 0.00977. The zero-order chi connectivity index (χ0) is 18.5. The van der Waals surface area contributed by atoms with Crippen LogP contribution in [0.5, 0.6) is 0 Å². The summed E-state index contributed by atoms with van der Waals surface area (Å²) in [6.07, 6.45) is 2.46.